The van der Waals surface area contributed by atoms with Gasteiger partial charge in [-0.1, -0.05) is 30.3 Å². The lowest BCUT2D eigenvalue weighted by Gasteiger charge is -2.24. The zero-order valence-electron chi connectivity index (χ0n) is 15.4. The van der Waals surface area contributed by atoms with E-state index in [0.717, 1.165) is 36.4 Å². The zero-order valence-corrected chi connectivity index (χ0v) is 17.0. The van der Waals surface area contributed by atoms with Crippen LogP contribution in [0.2, 0.25) is 0 Å². The quantitative estimate of drug-likeness (QED) is 0.846. The lowest BCUT2D eigenvalue weighted by atomic mass is 10.0. The van der Waals surface area contributed by atoms with Crippen LogP contribution in [-0.4, -0.2) is 51.7 Å². The molecule has 0 fully saturated rings. The number of aryl methyl sites for hydroxylation is 1. The topological polar surface area (TPSA) is 64.2 Å². The van der Waals surface area contributed by atoms with Crippen molar-refractivity contribution in [2.45, 2.75) is 25.3 Å². The van der Waals surface area contributed by atoms with E-state index in [9.17, 15) is 4.79 Å². The highest BCUT2D eigenvalue weighted by atomic mass is 35.5. The molecule has 0 saturated carbocycles. The van der Waals surface area contributed by atoms with Crippen molar-refractivity contribution >= 4 is 30.1 Å². The molecule has 3 rings (SSSR count). The van der Waals surface area contributed by atoms with Gasteiger partial charge in [-0.25, -0.2) is 0 Å². The van der Waals surface area contributed by atoms with Crippen molar-refractivity contribution in [1.29, 1.82) is 0 Å². The minimum Gasteiger partial charge on any atom is -0.341 e. The number of benzene rings is 1. The Morgan fingerprint density at radius 2 is 1.96 bits per heavy atom. The van der Waals surface area contributed by atoms with E-state index in [-0.39, 0.29) is 18.3 Å². The summed E-state index contributed by atoms with van der Waals surface area (Å²) in [5, 5.41) is 4.72. The fraction of sp³-hybridized carbons (Fsp3) is 0.474. The van der Waals surface area contributed by atoms with E-state index < -0.39 is 6.04 Å². The van der Waals surface area contributed by atoms with E-state index >= 15 is 0 Å². The van der Waals surface area contributed by atoms with E-state index in [1.807, 2.05) is 41.1 Å². The third-order valence-electron chi connectivity index (χ3n) is 4.79. The minimum absolute atomic E-state index is 0. The molecule has 0 unspecified atom stereocenters. The van der Waals surface area contributed by atoms with Gasteiger partial charge < -0.3 is 10.6 Å². The van der Waals surface area contributed by atoms with Gasteiger partial charge in [0.1, 0.15) is 0 Å². The smallest absolute Gasteiger partial charge is 0.239 e. The minimum atomic E-state index is -0.391. The summed E-state index contributed by atoms with van der Waals surface area (Å²) in [5.74, 6) is 0.992. The van der Waals surface area contributed by atoms with Crippen LogP contribution in [0, 0.1) is 0 Å². The van der Waals surface area contributed by atoms with Gasteiger partial charge in [-0.15, -0.1) is 12.4 Å². The zero-order chi connectivity index (χ0) is 17.8. The lowest BCUT2D eigenvalue weighted by molar-refractivity contribution is -0.132. The highest BCUT2D eigenvalue weighted by Gasteiger charge is 2.26. The van der Waals surface area contributed by atoms with Gasteiger partial charge >= 0.3 is 0 Å². The van der Waals surface area contributed by atoms with Gasteiger partial charge in [0.25, 0.3) is 0 Å². The van der Waals surface area contributed by atoms with Crippen molar-refractivity contribution in [3.63, 3.8) is 0 Å². The molecule has 7 heteroatoms. The largest absolute Gasteiger partial charge is 0.341 e. The molecular weight excluding hydrogens is 368 g/mol. The number of thioether (sulfide) groups is 1. The molecule has 2 N–H and O–H groups in total. The van der Waals surface area contributed by atoms with Crippen LogP contribution in [0.25, 0.3) is 11.3 Å². The molecule has 1 aliphatic heterocycles. The molecule has 26 heavy (non-hydrogen) atoms. The van der Waals surface area contributed by atoms with Crippen molar-refractivity contribution in [3.8, 4) is 11.3 Å². The van der Waals surface area contributed by atoms with Crippen LogP contribution in [-0.2, 0) is 24.7 Å². The molecule has 0 bridgehead atoms. The molecule has 5 nitrogen and oxygen atoms in total. The van der Waals surface area contributed by atoms with Crippen LogP contribution in [0.3, 0.4) is 0 Å². The Morgan fingerprint density at radius 1 is 1.27 bits per heavy atom. The molecule has 0 radical (unpaired) electrons. The fourth-order valence-corrected chi connectivity index (χ4v) is 3.96. The average molecular weight is 395 g/mol. The van der Waals surface area contributed by atoms with Crippen LogP contribution >= 0.6 is 24.2 Å². The Morgan fingerprint density at radius 3 is 2.65 bits per heavy atom. The van der Waals surface area contributed by atoms with Gasteiger partial charge in [0.05, 0.1) is 17.4 Å². The third-order valence-corrected chi connectivity index (χ3v) is 5.43. The van der Waals surface area contributed by atoms with Crippen molar-refractivity contribution in [2.75, 3.05) is 25.1 Å². The number of rotatable bonds is 5. The normalized spacial score (nSPS) is 15.0. The second kappa shape index (κ2) is 9.44. The summed E-state index contributed by atoms with van der Waals surface area (Å²) in [7, 11) is 2.00. The maximum absolute atomic E-state index is 12.6. The Labute approximate surface area is 165 Å². The predicted octanol–water partition coefficient (Wildman–Crippen LogP) is 2.52. The maximum Gasteiger partial charge on any atom is 0.239 e. The number of halogens is 1. The summed E-state index contributed by atoms with van der Waals surface area (Å²) in [4.78, 5) is 14.5. The lowest BCUT2D eigenvalue weighted by Crippen LogP contribution is -2.45. The second-order valence-electron chi connectivity index (χ2n) is 6.48. The SMILES string of the molecule is CSCC[C@@H](N)C(=O)N1CCc2nn(C)c(-c3ccccc3)c2CC1.Cl. The molecule has 2 heterocycles. The second-order valence-corrected chi connectivity index (χ2v) is 7.46. The summed E-state index contributed by atoms with van der Waals surface area (Å²) >= 11 is 1.73. The van der Waals surface area contributed by atoms with Crippen molar-refractivity contribution in [1.82, 2.24) is 14.7 Å². The number of carbonyl (C=O) groups excluding carboxylic acids is 1. The van der Waals surface area contributed by atoms with Gasteiger partial charge in [0.15, 0.2) is 0 Å². The van der Waals surface area contributed by atoms with Crippen molar-refractivity contribution < 1.29 is 4.79 Å². The molecular formula is C19H27ClN4OS. The van der Waals surface area contributed by atoms with Crippen molar-refractivity contribution in [2.24, 2.45) is 12.8 Å². The molecule has 1 atom stereocenters. The maximum atomic E-state index is 12.6. The number of hydrogen-bond acceptors (Lipinski definition) is 4. The first kappa shape index (κ1) is 20.8. The number of aromatic nitrogens is 2. The third kappa shape index (κ3) is 4.42. The van der Waals surface area contributed by atoms with Gasteiger partial charge in [0, 0.05) is 37.7 Å². The Balaban J connectivity index is 0.00000243. The molecule has 0 aliphatic carbocycles. The molecule has 0 saturated heterocycles. The van der Waals surface area contributed by atoms with Gasteiger partial charge in [-0.2, -0.15) is 16.9 Å². The number of nitrogens with two attached hydrogens (primary N) is 1. The van der Waals surface area contributed by atoms with E-state index in [2.05, 4.69) is 12.1 Å². The first-order chi connectivity index (χ1) is 12.1. The molecule has 1 aromatic heterocycles. The first-order valence-corrected chi connectivity index (χ1v) is 10.1. The van der Waals surface area contributed by atoms with Crippen LogP contribution in [0.4, 0.5) is 0 Å². The number of amides is 1. The van der Waals surface area contributed by atoms with Gasteiger partial charge in [-0.3, -0.25) is 9.48 Å². The summed E-state index contributed by atoms with van der Waals surface area (Å²) in [6, 6.07) is 9.96. The molecule has 1 aliphatic rings. The standard InChI is InChI=1S/C19H26N4OS.ClH/c1-22-18(14-6-4-3-5-7-14)15-8-11-23(12-9-17(15)21-22)19(24)16(20)10-13-25-2;/h3-7,16H,8-13,20H2,1-2H3;1H/t16-;/m1./s1. The summed E-state index contributed by atoms with van der Waals surface area (Å²) in [6.07, 6.45) is 4.39. The Hall–Kier alpha value is -1.50. The van der Waals surface area contributed by atoms with Crippen LogP contribution in [0.15, 0.2) is 30.3 Å². The van der Waals surface area contributed by atoms with E-state index in [4.69, 9.17) is 10.8 Å². The van der Waals surface area contributed by atoms with Gasteiger partial charge in [0.2, 0.25) is 5.91 Å². The van der Waals surface area contributed by atoms with Crippen LogP contribution < -0.4 is 5.73 Å². The number of hydrogen-bond donors (Lipinski definition) is 1. The van der Waals surface area contributed by atoms with E-state index in [1.165, 1.54) is 11.1 Å². The van der Waals surface area contributed by atoms with Crippen LogP contribution in [0.5, 0.6) is 0 Å². The number of nitrogens with zero attached hydrogens (tertiary/aromatic N) is 3. The highest BCUT2D eigenvalue weighted by molar-refractivity contribution is 7.98. The average Bonchev–Trinajstić information content (AvgIpc) is 2.81. The fourth-order valence-electron chi connectivity index (χ4n) is 3.47. The number of fused-ring (bicyclic) bond motifs is 1. The molecule has 2 aromatic rings. The van der Waals surface area contributed by atoms with Crippen LogP contribution in [0.1, 0.15) is 17.7 Å². The van der Waals surface area contributed by atoms with E-state index in [1.54, 1.807) is 11.8 Å². The Bertz CT molecular complexity index is 735. The number of carbonyl (C=O) groups is 1. The predicted molar refractivity (Wildman–Crippen MR) is 111 cm³/mol. The van der Waals surface area contributed by atoms with Crippen molar-refractivity contribution in [3.05, 3.63) is 41.6 Å². The molecule has 1 aromatic carbocycles. The van der Waals surface area contributed by atoms with Gasteiger partial charge in [-0.05, 0) is 24.9 Å². The Kier molecular flexibility index (Phi) is 7.55. The molecule has 142 valence electrons. The first-order valence-electron chi connectivity index (χ1n) is 8.75. The summed E-state index contributed by atoms with van der Waals surface area (Å²) in [5.41, 5.74) is 10.8. The summed E-state index contributed by atoms with van der Waals surface area (Å²) < 4.78 is 1.97. The van der Waals surface area contributed by atoms with E-state index in [0.29, 0.717) is 13.1 Å². The molecule has 1 amide bonds. The molecule has 0 spiro atoms. The summed E-state index contributed by atoms with van der Waals surface area (Å²) in [6.45, 7) is 1.41. The highest BCUT2D eigenvalue weighted by Crippen LogP contribution is 2.28. The monoisotopic (exact) mass is 394 g/mol.